The van der Waals surface area contributed by atoms with Crippen LogP contribution in [0.5, 0.6) is 0 Å². The minimum Gasteiger partial charge on any atom is -0.380 e. The van der Waals surface area contributed by atoms with Gasteiger partial charge in [-0.25, -0.2) is 18.4 Å². The van der Waals surface area contributed by atoms with E-state index >= 15 is 0 Å². The number of nitrogens with zero attached hydrogens (tertiary/aromatic N) is 3. The molecule has 0 amide bonds. The van der Waals surface area contributed by atoms with Gasteiger partial charge in [-0.15, -0.1) is 0 Å². The van der Waals surface area contributed by atoms with Crippen LogP contribution < -0.4 is 5.73 Å². The van der Waals surface area contributed by atoms with Crippen molar-refractivity contribution in [1.82, 2.24) is 14.3 Å². The Balaban J connectivity index is 1.88. The number of hydrogen-bond donors (Lipinski definition) is 1. The molecule has 0 bridgehead atoms. The van der Waals surface area contributed by atoms with Crippen LogP contribution in [-0.4, -0.2) is 49.5 Å². The van der Waals surface area contributed by atoms with E-state index in [1.54, 1.807) is 0 Å². The fraction of sp³-hybridized carbons (Fsp3) is 0.636. The number of ether oxygens (including phenoxy) is 1. The third-order valence-electron chi connectivity index (χ3n) is 2.96. The summed E-state index contributed by atoms with van der Waals surface area (Å²) in [6, 6.07) is 0. The fourth-order valence-corrected chi connectivity index (χ4v) is 2.53. The standard InChI is InChI=1S/C11H18N4O3S/c1-15(4-5-18-8-9-2-3-9)19(16,17)10-6-13-11(12)14-7-10/h6-7,9H,2-5,8H2,1H3,(H2,12,13,14). The summed E-state index contributed by atoms with van der Waals surface area (Å²) in [5.41, 5.74) is 5.33. The van der Waals surface area contributed by atoms with Gasteiger partial charge in [-0.1, -0.05) is 0 Å². The highest BCUT2D eigenvalue weighted by atomic mass is 32.2. The van der Waals surface area contributed by atoms with E-state index in [0.717, 1.165) is 6.61 Å². The molecule has 0 aliphatic heterocycles. The summed E-state index contributed by atoms with van der Waals surface area (Å²) in [5, 5.41) is 0. The van der Waals surface area contributed by atoms with Gasteiger partial charge < -0.3 is 10.5 Å². The number of nitrogens with two attached hydrogens (primary N) is 1. The average molecular weight is 286 g/mol. The Bertz CT molecular complexity index is 513. The smallest absolute Gasteiger partial charge is 0.245 e. The van der Waals surface area contributed by atoms with Crippen molar-refractivity contribution in [3.63, 3.8) is 0 Å². The topological polar surface area (TPSA) is 98.4 Å². The summed E-state index contributed by atoms with van der Waals surface area (Å²) in [7, 11) is -2.06. The Morgan fingerprint density at radius 2 is 2.05 bits per heavy atom. The van der Waals surface area contributed by atoms with Crippen molar-refractivity contribution < 1.29 is 13.2 Å². The van der Waals surface area contributed by atoms with Gasteiger partial charge in [0.25, 0.3) is 0 Å². The van der Waals surface area contributed by atoms with Crippen molar-refractivity contribution in [3.05, 3.63) is 12.4 Å². The number of anilines is 1. The highest BCUT2D eigenvalue weighted by Gasteiger charge is 2.23. The number of aromatic nitrogens is 2. The zero-order valence-corrected chi connectivity index (χ0v) is 11.6. The first-order chi connectivity index (χ1) is 9.00. The van der Waals surface area contributed by atoms with Crippen LogP contribution in [0.1, 0.15) is 12.8 Å². The fourth-order valence-electron chi connectivity index (χ4n) is 1.49. The summed E-state index contributed by atoms with van der Waals surface area (Å²) < 4.78 is 30.9. The lowest BCUT2D eigenvalue weighted by molar-refractivity contribution is 0.117. The van der Waals surface area contributed by atoms with Crippen LogP contribution in [0.2, 0.25) is 0 Å². The maximum absolute atomic E-state index is 12.1. The number of likely N-dealkylation sites (N-methyl/N-ethyl adjacent to an activating group) is 1. The lowest BCUT2D eigenvalue weighted by Crippen LogP contribution is -2.30. The molecule has 8 heteroatoms. The molecule has 0 aromatic carbocycles. The van der Waals surface area contributed by atoms with Gasteiger partial charge in [0.2, 0.25) is 16.0 Å². The second-order valence-electron chi connectivity index (χ2n) is 4.62. The van der Waals surface area contributed by atoms with E-state index in [4.69, 9.17) is 10.5 Å². The molecule has 0 unspecified atom stereocenters. The predicted molar refractivity (Wildman–Crippen MR) is 69.8 cm³/mol. The Labute approximate surface area is 112 Å². The summed E-state index contributed by atoms with van der Waals surface area (Å²) in [6.07, 6.45) is 4.85. The van der Waals surface area contributed by atoms with Crippen LogP contribution in [0.4, 0.5) is 5.95 Å². The molecule has 1 aliphatic carbocycles. The van der Waals surface area contributed by atoms with E-state index in [9.17, 15) is 8.42 Å². The summed E-state index contributed by atoms with van der Waals surface area (Å²) >= 11 is 0. The van der Waals surface area contributed by atoms with E-state index in [1.807, 2.05) is 0 Å². The maximum atomic E-state index is 12.1. The first kappa shape index (κ1) is 14.2. The van der Waals surface area contributed by atoms with Gasteiger partial charge in [0.1, 0.15) is 4.90 Å². The molecule has 1 fully saturated rings. The minimum absolute atomic E-state index is 0.0337. The third-order valence-corrected chi connectivity index (χ3v) is 4.77. The van der Waals surface area contributed by atoms with Crippen molar-refractivity contribution in [2.75, 3.05) is 32.5 Å². The van der Waals surface area contributed by atoms with Gasteiger partial charge in [0, 0.05) is 20.2 Å². The maximum Gasteiger partial charge on any atom is 0.245 e. The molecule has 106 valence electrons. The van der Waals surface area contributed by atoms with E-state index in [1.165, 1.54) is 36.6 Å². The average Bonchev–Trinajstić information content (AvgIpc) is 3.19. The summed E-state index contributed by atoms with van der Waals surface area (Å²) in [6.45, 7) is 1.42. The summed E-state index contributed by atoms with van der Waals surface area (Å²) in [4.78, 5) is 7.40. The van der Waals surface area contributed by atoms with Gasteiger partial charge in [-0.05, 0) is 18.8 Å². The second-order valence-corrected chi connectivity index (χ2v) is 6.67. The Morgan fingerprint density at radius 1 is 1.42 bits per heavy atom. The molecule has 0 radical (unpaired) electrons. The van der Waals surface area contributed by atoms with Crippen molar-refractivity contribution in [1.29, 1.82) is 0 Å². The molecule has 7 nitrogen and oxygen atoms in total. The van der Waals surface area contributed by atoms with Crippen molar-refractivity contribution in [2.45, 2.75) is 17.7 Å². The minimum atomic E-state index is -3.57. The molecule has 1 saturated carbocycles. The first-order valence-electron chi connectivity index (χ1n) is 6.12. The van der Waals surface area contributed by atoms with Crippen LogP contribution >= 0.6 is 0 Å². The number of sulfonamides is 1. The van der Waals surface area contributed by atoms with E-state index in [0.29, 0.717) is 19.1 Å². The Kier molecular flexibility index (Phi) is 4.33. The van der Waals surface area contributed by atoms with E-state index < -0.39 is 10.0 Å². The zero-order valence-electron chi connectivity index (χ0n) is 10.8. The molecule has 1 aromatic rings. The van der Waals surface area contributed by atoms with Gasteiger partial charge in [0.05, 0.1) is 19.0 Å². The highest BCUT2D eigenvalue weighted by Crippen LogP contribution is 2.28. The van der Waals surface area contributed by atoms with Crippen LogP contribution in [0.3, 0.4) is 0 Å². The molecule has 0 spiro atoms. The lowest BCUT2D eigenvalue weighted by atomic mass is 10.5. The van der Waals surface area contributed by atoms with Crippen LogP contribution in [0.25, 0.3) is 0 Å². The molecular formula is C11H18N4O3S. The van der Waals surface area contributed by atoms with Crippen LogP contribution in [0, 0.1) is 5.92 Å². The molecule has 19 heavy (non-hydrogen) atoms. The molecule has 0 saturated heterocycles. The molecule has 2 N–H and O–H groups in total. The number of nitrogen functional groups attached to an aromatic ring is 1. The zero-order chi connectivity index (χ0) is 13.9. The predicted octanol–water partition coefficient (Wildman–Crippen LogP) is 0.106. The van der Waals surface area contributed by atoms with Gasteiger partial charge in [-0.3, -0.25) is 0 Å². The first-order valence-corrected chi connectivity index (χ1v) is 7.56. The van der Waals surface area contributed by atoms with Crippen molar-refractivity contribution in [3.8, 4) is 0 Å². The van der Waals surface area contributed by atoms with Crippen LogP contribution in [-0.2, 0) is 14.8 Å². The quantitative estimate of drug-likeness (QED) is 0.714. The number of rotatable bonds is 7. The largest absolute Gasteiger partial charge is 0.380 e. The van der Waals surface area contributed by atoms with E-state index in [2.05, 4.69) is 9.97 Å². The SMILES string of the molecule is CN(CCOCC1CC1)S(=O)(=O)c1cnc(N)nc1. The highest BCUT2D eigenvalue weighted by molar-refractivity contribution is 7.89. The van der Waals surface area contributed by atoms with Crippen molar-refractivity contribution in [2.24, 2.45) is 5.92 Å². The van der Waals surface area contributed by atoms with Gasteiger partial charge in [-0.2, -0.15) is 4.31 Å². The van der Waals surface area contributed by atoms with Gasteiger partial charge >= 0.3 is 0 Å². The van der Waals surface area contributed by atoms with E-state index in [-0.39, 0.29) is 10.8 Å². The monoisotopic (exact) mass is 286 g/mol. The second kappa shape index (κ2) is 5.81. The molecule has 1 aliphatic rings. The summed E-state index contributed by atoms with van der Waals surface area (Å²) in [5.74, 6) is 0.724. The van der Waals surface area contributed by atoms with Crippen LogP contribution in [0.15, 0.2) is 17.3 Å². The molecule has 0 atom stereocenters. The number of hydrogen-bond acceptors (Lipinski definition) is 6. The molecule has 2 rings (SSSR count). The normalized spacial score (nSPS) is 15.9. The molecular weight excluding hydrogens is 268 g/mol. The Hall–Kier alpha value is -1.25. The Morgan fingerprint density at radius 3 is 2.63 bits per heavy atom. The molecule has 1 aromatic heterocycles. The van der Waals surface area contributed by atoms with Gasteiger partial charge in [0.15, 0.2) is 0 Å². The molecule has 1 heterocycles. The lowest BCUT2D eigenvalue weighted by Gasteiger charge is -2.16. The third kappa shape index (κ3) is 3.85. The van der Waals surface area contributed by atoms with Crippen molar-refractivity contribution >= 4 is 16.0 Å².